The molecule has 1 saturated carbocycles. The molecule has 1 fully saturated rings. The van der Waals surface area contributed by atoms with E-state index in [0.29, 0.717) is 12.5 Å². The fourth-order valence-electron chi connectivity index (χ4n) is 1.47. The Morgan fingerprint density at radius 3 is 3.12 bits per heavy atom. The van der Waals surface area contributed by atoms with Crippen LogP contribution in [0.4, 0.5) is 5.13 Å². The summed E-state index contributed by atoms with van der Waals surface area (Å²) in [5.74, 6) is 1.61. The minimum absolute atomic E-state index is 0.615. The Labute approximate surface area is 97.0 Å². The molecule has 0 unspecified atom stereocenters. The van der Waals surface area contributed by atoms with Gasteiger partial charge in [-0.2, -0.15) is 4.37 Å². The summed E-state index contributed by atoms with van der Waals surface area (Å²) in [6, 6.07) is 0. The lowest BCUT2D eigenvalue weighted by Gasteiger charge is -1.98. The number of anilines is 1. The Hall–Kier alpha value is -1.43. The molecule has 2 aromatic heterocycles. The second-order valence-electron chi connectivity index (χ2n) is 4.01. The summed E-state index contributed by atoms with van der Waals surface area (Å²) < 4.78 is 9.19. The van der Waals surface area contributed by atoms with Crippen molar-refractivity contribution in [2.24, 2.45) is 0 Å². The van der Waals surface area contributed by atoms with Gasteiger partial charge in [-0.25, -0.2) is 4.98 Å². The molecule has 1 aliphatic rings. The number of nitrogens with zero attached hydrogens (tertiary/aromatic N) is 3. The lowest BCUT2D eigenvalue weighted by Crippen LogP contribution is -1.99. The largest absolute Gasteiger partial charge is 0.364 e. The van der Waals surface area contributed by atoms with E-state index < -0.39 is 0 Å². The summed E-state index contributed by atoms with van der Waals surface area (Å²) in [6.07, 6.45) is 4.13. The van der Waals surface area contributed by atoms with Crippen LogP contribution in [0.3, 0.4) is 0 Å². The quantitative estimate of drug-likeness (QED) is 0.882. The first-order chi connectivity index (χ1) is 7.83. The maximum Gasteiger partial charge on any atom is 0.202 e. The summed E-state index contributed by atoms with van der Waals surface area (Å²) in [5, 5.41) is 7.94. The summed E-state index contributed by atoms with van der Waals surface area (Å²) in [5.41, 5.74) is 1.97. The molecule has 84 valence electrons. The first-order valence-electron chi connectivity index (χ1n) is 5.30. The molecule has 0 bridgehead atoms. The highest BCUT2D eigenvalue weighted by Crippen LogP contribution is 2.39. The van der Waals surface area contributed by atoms with Crippen molar-refractivity contribution in [2.45, 2.75) is 32.2 Å². The molecule has 2 heterocycles. The van der Waals surface area contributed by atoms with Gasteiger partial charge in [0.2, 0.25) is 5.13 Å². The highest BCUT2D eigenvalue weighted by atomic mass is 32.1. The van der Waals surface area contributed by atoms with E-state index in [2.05, 4.69) is 19.8 Å². The zero-order chi connectivity index (χ0) is 11.0. The van der Waals surface area contributed by atoms with Crippen molar-refractivity contribution in [3.63, 3.8) is 0 Å². The number of hydrogen-bond donors (Lipinski definition) is 1. The average Bonchev–Trinajstić information content (AvgIpc) is 2.89. The van der Waals surface area contributed by atoms with Crippen molar-refractivity contribution in [3.05, 3.63) is 23.3 Å². The monoisotopic (exact) mass is 236 g/mol. The van der Waals surface area contributed by atoms with E-state index in [-0.39, 0.29) is 0 Å². The lowest BCUT2D eigenvalue weighted by atomic mass is 10.3. The molecule has 0 atom stereocenters. The van der Waals surface area contributed by atoms with Crippen LogP contribution in [-0.2, 0) is 6.54 Å². The minimum atomic E-state index is 0.615. The third-order valence-electron chi connectivity index (χ3n) is 2.66. The van der Waals surface area contributed by atoms with Gasteiger partial charge >= 0.3 is 0 Å². The van der Waals surface area contributed by atoms with Gasteiger partial charge in [-0.3, -0.25) is 0 Å². The first kappa shape index (κ1) is 9.77. The summed E-state index contributed by atoms with van der Waals surface area (Å²) in [6.45, 7) is 2.62. The van der Waals surface area contributed by atoms with Crippen molar-refractivity contribution in [1.29, 1.82) is 0 Å². The molecule has 0 aromatic carbocycles. The molecular formula is C10H12N4OS. The second-order valence-corrected chi connectivity index (χ2v) is 4.76. The Morgan fingerprint density at radius 1 is 1.56 bits per heavy atom. The molecule has 0 spiro atoms. The van der Waals surface area contributed by atoms with E-state index in [9.17, 15) is 0 Å². The normalized spacial score (nSPS) is 15.3. The fraction of sp³-hybridized carbons (Fsp3) is 0.500. The van der Waals surface area contributed by atoms with Gasteiger partial charge in [0.15, 0.2) is 0 Å². The van der Waals surface area contributed by atoms with Crippen LogP contribution in [-0.4, -0.2) is 14.5 Å². The minimum Gasteiger partial charge on any atom is -0.364 e. The predicted molar refractivity (Wildman–Crippen MR) is 60.5 cm³/mol. The van der Waals surface area contributed by atoms with Crippen LogP contribution in [0.2, 0.25) is 0 Å². The molecular weight excluding hydrogens is 224 g/mol. The van der Waals surface area contributed by atoms with Gasteiger partial charge in [-0.1, -0.05) is 5.16 Å². The molecule has 2 aromatic rings. The first-order valence-corrected chi connectivity index (χ1v) is 6.07. The molecule has 0 saturated heterocycles. The van der Waals surface area contributed by atoms with Crippen LogP contribution in [0.5, 0.6) is 0 Å². The van der Waals surface area contributed by atoms with Gasteiger partial charge in [0.1, 0.15) is 12.1 Å². The maximum atomic E-state index is 4.86. The summed E-state index contributed by atoms with van der Waals surface area (Å²) in [7, 11) is 0. The topological polar surface area (TPSA) is 63.8 Å². The zero-order valence-corrected chi connectivity index (χ0v) is 9.75. The van der Waals surface area contributed by atoms with Crippen molar-refractivity contribution < 1.29 is 4.52 Å². The van der Waals surface area contributed by atoms with Crippen LogP contribution >= 0.6 is 11.5 Å². The van der Waals surface area contributed by atoms with Gasteiger partial charge in [-0.05, 0) is 19.8 Å². The van der Waals surface area contributed by atoms with E-state index >= 15 is 0 Å². The molecule has 1 N–H and O–H groups in total. The molecule has 0 amide bonds. The fourth-order valence-corrected chi connectivity index (χ4v) is 2.11. The van der Waals surface area contributed by atoms with Crippen molar-refractivity contribution >= 4 is 16.7 Å². The average molecular weight is 236 g/mol. The molecule has 16 heavy (non-hydrogen) atoms. The second kappa shape index (κ2) is 3.86. The number of aromatic nitrogens is 3. The lowest BCUT2D eigenvalue weighted by molar-refractivity contribution is 0.414. The number of nitrogens with one attached hydrogen (secondary N) is 1. The van der Waals surface area contributed by atoms with Gasteiger partial charge in [0, 0.05) is 29.6 Å². The summed E-state index contributed by atoms with van der Waals surface area (Å²) >= 11 is 1.42. The maximum absolute atomic E-state index is 4.86. The smallest absolute Gasteiger partial charge is 0.202 e. The van der Waals surface area contributed by atoms with Crippen LogP contribution in [0.15, 0.2) is 10.8 Å². The van der Waals surface area contributed by atoms with Crippen molar-refractivity contribution in [1.82, 2.24) is 14.5 Å². The number of aryl methyl sites for hydroxylation is 1. The van der Waals surface area contributed by atoms with Crippen molar-refractivity contribution in [3.8, 4) is 0 Å². The van der Waals surface area contributed by atoms with E-state index in [1.54, 1.807) is 6.26 Å². The van der Waals surface area contributed by atoms with Crippen LogP contribution < -0.4 is 5.32 Å². The van der Waals surface area contributed by atoms with Gasteiger partial charge < -0.3 is 9.84 Å². The van der Waals surface area contributed by atoms with Gasteiger partial charge in [-0.15, -0.1) is 0 Å². The standard InChI is InChI=1S/C10H12N4OS/c1-6-8(5-15-13-6)4-11-10-12-9(14-16-10)7-2-3-7/h5,7H,2-4H2,1H3,(H,11,12,14). The summed E-state index contributed by atoms with van der Waals surface area (Å²) in [4.78, 5) is 4.45. The molecule has 5 nitrogen and oxygen atoms in total. The molecule has 6 heteroatoms. The van der Waals surface area contributed by atoms with Crippen LogP contribution in [0.25, 0.3) is 0 Å². The molecule has 0 radical (unpaired) electrons. The Kier molecular flexibility index (Phi) is 2.36. The zero-order valence-electron chi connectivity index (χ0n) is 8.93. The van der Waals surface area contributed by atoms with Crippen LogP contribution in [0, 0.1) is 6.92 Å². The number of hydrogen-bond acceptors (Lipinski definition) is 6. The molecule has 0 aliphatic heterocycles. The third-order valence-corrected chi connectivity index (χ3v) is 3.35. The number of rotatable bonds is 4. The Bertz CT molecular complexity index is 488. The highest BCUT2D eigenvalue weighted by Gasteiger charge is 2.27. The van der Waals surface area contributed by atoms with Gasteiger partial charge in [0.25, 0.3) is 0 Å². The van der Waals surface area contributed by atoms with Crippen LogP contribution in [0.1, 0.15) is 35.8 Å². The van der Waals surface area contributed by atoms with E-state index in [0.717, 1.165) is 22.2 Å². The Balaban J connectivity index is 1.63. The molecule has 1 aliphatic carbocycles. The third kappa shape index (κ3) is 1.92. The van der Waals surface area contributed by atoms with E-state index in [4.69, 9.17) is 4.52 Å². The van der Waals surface area contributed by atoms with E-state index in [1.165, 1.54) is 24.4 Å². The van der Waals surface area contributed by atoms with Crippen molar-refractivity contribution in [2.75, 3.05) is 5.32 Å². The predicted octanol–water partition coefficient (Wildman–Crippen LogP) is 2.32. The highest BCUT2D eigenvalue weighted by molar-refractivity contribution is 7.09. The Morgan fingerprint density at radius 2 is 2.44 bits per heavy atom. The van der Waals surface area contributed by atoms with E-state index in [1.807, 2.05) is 6.92 Å². The van der Waals surface area contributed by atoms with Gasteiger partial charge in [0.05, 0.1) is 5.69 Å². The SMILES string of the molecule is Cc1nocc1CNc1nc(C2CC2)ns1. The molecule has 3 rings (SSSR count).